The Kier molecular flexibility index (Phi) is 6.29. The van der Waals surface area contributed by atoms with Gasteiger partial charge in [-0.05, 0) is 37.0 Å². The van der Waals surface area contributed by atoms with E-state index in [1.54, 1.807) is 12.1 Å². The van der Waals surface area contributed by atoms with Gasteiger partial charge in [0, 0.05) is 17.8 Å². The molecule has 22 heavy (non-hydrogen) atoms. The van der Waals surface area contributed by atoms with Crippen molar-refractivity contribution in [3.8, 4) is 12.3 Å². The lowest BCUT2D eigenvalue weighted by molar-refractivity contribution is -0.00232. The molecule has 118 valence electrons. The van der Waals surface area contributed by atoms with Gasteiger partial charge in [-0.2, -0.15) is 0 Å². The standard InChI is InChI=1S/C18H24N2O2/c1-3-15-8-6-9-16(13-15)20-18(21)19-11-12-22-17-10-5-4-7-14(17)2/h1,6,8-9,13-14,17H,4-5,7,10-12H2,2H3,(H2,19,20,21)/t14-,17+/m0/s1. The van der Waals surface area contributed by atoms with Crippen LogP contribution in [0.3, 0.4) is 0 Å². The molecule has 1 aromatic carbocycles. The molecule has 1 aliphatic carbocycles. The van der Waals surface area contributed by atoms with Crippen LogP contribution in [0.15, 0.2) is 24.3 Å². The molecule has 0 bridgehead atoms. The Hall–Kier alpha value is -1.99. The molecule has 1 saturated carbocycles. The van der Waals surface area contributed by atoms with Crippen LogP contribution in [0.2, 0.25) is 0 Å². The highest BCUT2D eigenvalue weighted by Crippen LogP contribution is 2.25. The lowest BCUT2D eigenvalue weighted by Crippen LogP contribution is -2.34. The smallest absolute Gasteiger partial charge is 0.319 e. The first-order chi connectivity index (χ1) is 10.7. The second-order valence-corrected chi connectivity index (χ2v) is 5.78. The van der Waals surface area contributed by atoms with Crippen LogP contribution in [0.4, 0.5) is 10.5 Å². The molecule has 0 spiro atoms. The third-order valence-corrected chi connectivity index (χ3v) is 4.04. The van der Waals surface area contributed by atoms with Gasteiger partial charge in [-0.1, -0.05) is 31.8 Å². The average molecular weight is 300 g/mol. The van der Waals surface area contributed by atoms with Crippen molar-refractivity contribution in [2.24, 2.45) is 5.92 Å². The van der Waals surface area contributed by atoms with Crippen LogP contribution in [-0.4, -0.2) is 25.3 Å². The molecule has 4 heteroatoms. The highest BCUT2D eigenvalue weighted by Gasteiger charge is 2.21. The van der Waals surface area contributed by atoms with E-state index in [-0.39, 0.29) is 6.03 Å². The van der Waals surface area contributed by atoms with Gasteiger partial charge >= 0.3 is 6.03 Å². The quantitative estimate of drug-likeness (QED) is 0.647. The van der Waals surface area contributed by atoms with E-state index in [2.05, 4.69) is 23.5 Å². The minimum absolute atomic E-state index is 0.241. The summed E-state index contributed by atoms with van der Waals surface area (Å²) in [5.41, 5.74) is 1.43. The van der Waals surface area contributed by atoms with Crippen molar-refractivity contribution in [1.29, 1.82) is 0 Å². The zero-order valence-electron chi connectivity index (χ0n) is 13.1. The van der Waals surface area contributed by atoms with Crippen LogP contribution in [0.25, 0.3) is 0 Å². The van der Waals surface area contributed by atoms with E-state index in [0.29, 0.717) is 30.9 Å². The zero-order chi connectivity index (χ0) is 15.8. The first-order valence-electron chi connectivity index (χ1n) is 7.92. The van der Waals surface area contributed by atoms with Gasteiger partial charge in [-0.25, -0.2) is 4.79 Å². The molecule has 0 saturated heterocycles. The molecule has 2 amide bonds. The third-order valence-electron chi connectivity index (χ3n) is 4.04. The highest BCUT2D eigenvalue weighted by atomic mass is 16.5. The van der Waals surface area contributed by atoms with Crippen molar-refractivity contribution >= 4 is 11.7 Å². The minimum atomic E-state index is -0.241. The third kappa shape index (κ3) is 5.09. The molecule has 4 nitrogen and oxygen atoms in total. The molecule has 1 fully saturated rings. The molecular formula is C18H24N2O2. The van der Waals surface area contributed by atoms with E-state index in [0.717, 1.165) is 12.0 Å². The van der Waals surface area contributed by atoms with Crippen LogP contribution in [-0.2, 0) is 4.74 Å². The number of benzene rings is 1. The number of carbonyl (C=O) groups is 1. The lowest BCUT2D eigenvalue weighted by atomic mass is 9.88. The Morgan fingerprint density at radius 1 is 1.41 bits per heavy atom. The first-order valence-corrected chi connectivity index (χ1v) is 7.92. The van der Waals surface area contributed by atoms with E-state index in [9.17, 15) is 4.79 Å². The Labute approximate surface area is 132 Å². The number of ether oxygens (including phenoxy) is 1. The van der Waals surface area contributed by atoms with Crippen molar-refractivity contribution in [2.45, 2.75) is 38.7 Å². The second kappa shape index (κ2) is 8.45. The zero-order valence-corrected chi connectivity index (χ0v) is 13.1. The van der Waals surface area contributed by atoms with Gasteiger partial charge < -0.3 is 15.4 Å². The number of amides is 2. The molecule has 1 aromatic rings. The topological polar surface area (TPSA) is 50.4 Å². The maximum Gasteiger partial charge on any atom is 0.319 e. The fourth-order valence-corrected chi connectivity index (χ4v) is 2.77. The second-order valence-electron chi connectivity index (χ2n) is 5.78. The van der Waals surface area contributed by atoms with Crippen molar-refractivity contribution in [3.63, 3.8) is 0 Å². The minimum Gasteiger partial charge on any atom is -0.376 e. The molecule has 2 atom stereocenters. The van der Waals surface area contributed by atoms with E-state index in [4.69, 9.17) is 11.2 Å². The highest BCUT2D eigenvalue weighted by molar-refractivity contribution is 5.89. The molecule has 0 aliphatic heterocycles. The fourth-order valence-electron chi connectivity index (χ4n) is 2.77. The number of rotatable bonds is 5. The van der Waals surface area contributed by atoms with Crippen molar-refractivity contribution in [1.82, 2.24) is 5.32 Å². The summed E-state index contributed by atoms with van der Waals surface area (Å²) in [6, 6.07) is 6.97. The van der Waals surface area contributed by atoms with Crippen molar-refractivity contribution in [2.75, 3.05) is 18.5 Å². The summed E-state index contributed by atoms with van der Waals surface area (Å²) < 4.78 is 5.86. The van der Waals surface area contributed by atoms with Crippen LogP contribution < -0.4 is 10.6 Å². The summed E-state index contributed by atoms with van der Waals surface area (Å²) >= 11 is 0. The Morgan fingerprint density at radius 3 is 3.00 bits per heavy atom. The largest absolute Gasteiger partial charge is 0.376 e. The van der Waals surface area contributed by atoms with Gasteiger partial charge in [-0.15, -0.1) is 6.42 Å². The van der Waals surface area contributed by atoms with Crippen molar-refractivity contribution < 1.29 is 9.53 Å². The average Bonchev–Trinajstić information content (AvgIpc) is 2.53. The summed E-state index contributed by atoms with van der Waals surface area (Å²) in [7, 11) is 0. The van der Waals surface area contributed by atoms with Gasteiger partial charge in [-0.3, -0.25) is 0 Å². The molecule has 0 heterocycles. The maximum atomic E-state index is 11.8. The van der Waals surface area contributed by atoms with Crippen LogP contribution in [0.5, 0.6) is 0 Å². The Balaban J connectivity index is 1.66. The van der Waals surface area contributed by atoms with Crippen LogP contribution in [0.1, 0.15) is 38.2 Å². The molecule has 2 rings (SSSR count). The van der Waals surface area contributed by atoms with Crippen LogP contribution >= 0.6 is 0 Å². The van der Waals surface area contributed by atoms with E-state index < -0.39 is 0 Å². The summed E-state index contributed by atoms with van der Waals surface area (Å²) in [5.74, 6) is 3.16. The Morgan fingerprint density at radius 2 is 2.23 bits per heavy atom. The normalized spacial score (nSPS) is 20.9. The van der Waals surface area contributed by atoms with E-state index in [1.165, 1.54) is 19.3 Å². The first kappa shape index (κ1) is 16.4. The summed E-state index contributed by atoms with van der Waals surface area (Å²) in [6.45, 7) is 3.29. The number of nitrogens with one attached hydrogen (secondary N) is 2. The van der Waals surface area contributed by atoms with Crippen molar-refractivity contribution in [3.05, 3.63) is 29.8 Å². The van der Waals surface area contributed by atoms with E-state index >= 15 is 0 Å². The predicted octanol–water partition coefficient (Wildman–Crippen LogP) is 3.38. The van der Waals surface area contributed by atoms with Gasteiger partial charge in [0.2, 0.25) is 0 Å². The van der Waals surface area contributed by atoms with Crippen LogP contribution in [0, 0.1) is 18.3 Å². The number of anilines is 1. The van der Waals surface area contributed by atoms with Gasteiger partial charge in [0.25, 0.3) is 0 Å². The summed E-state index contributed by atoms with van der Waals surface area (Å²) in [6.07, 6.45) is 10.6. The molecule has 1 aliphatic rings. The number of urea groups is 1. The molecule has 0 aromatic heterocycles. The van der Waals surface area contributed by atoms with E-state index in [1.807, 2.05) is 12.1 Å². The maximum absolute atomic E-state index is 11.8. The number of hydrogen-bond donors (Lipinski definition) is 2. The molecular weight excluding hydrogens is 276 g/mol. The number of hydrogen-bond acceptors (Lipinski definition) is 2. The lowest BCUT2D eigenvalue weighted by Gasteiger charge is -2.28. The SMILES string of the molecule is C#Cc1cccc(NC(=O)NCCO[C@@H]2CCCC[C@@H]2C)c1. The molecule has 2 N–H and O–H groups in total. The summed E-state index contributed by atoms with van der Waals surface area (Å²) in [5, 5.41) is 5.56. The number of carbonyl (C=O) groups excluding carboxylic acids is 1. The monoisotopic (exact) mass is 300 g/mol. The van der Waals surface area contributed by atoms with Gasteiger partial charge in [0.05, 0.1) is 12.7 Å². The molecule has 0 radical (unpaired) electrons. The number of terminal acetylenes is 1. The van der Waals surface area contributed by atoms with Gasteiger partial charge in [0.15, 0.2) is 0 Å². The Bertz CT molecular complexity index is 536. The molecule has 0 unspecified atom stereocenters. The van der Waals surface area contributed by atoms with Gasteiger partial charge in [0.1, 0.15) is 0 Å². The fraction of sp³-hybridized carbons (Fsp3) is 0.500. The predicted molar refractivity (Wildman–Crippen MR) is 88.8 cm³/mol. The summed E-state index contributed by atoms with van der Waals surface area (Å²) in [4.78, 5) is 11.8.